The number of aryl methyl sites for hydroxylation is 2. The van der Waals surface area contributed by atoms with Gasteiger partial charge in [-0.25, -0.2) is 24.9 Å². The molecule has 0 aliphatic rings. The van der Waals surface area contributed by atoms with Crippen molar-refractivity contribution in [3.8, 4) is 57.2 Å². The summed E-state index contributed by atoms with van der Waals surface area (Å²) in [5, 5.41) is 2.11. The number of pyridine rings is 1. The first-order chi connectivity index (χ1) is 30.3. The van der Waals surface area contributed by atoms with Crippen LogP contribution in [0, 0.1) is 13.8 Å². The number of para-hydroxylation sites is 3. The summed E-state index contributed by atoms with van der Waals surface area (Å²) in [6.45, 7) is 17.5. The number of benzene rings is 6. The number of fused-ring (bicyclic) bond motifs is 4. The predicted octanol–water partition coefficient (Wildman–Crippen LogP) is 13.7. The standard InChI is InChI=1S/C55H49N7O/c1-34-17-21-36(22-18-34)51-58-52(37-23-19-35(2)20-24-37)60-53(59-51)44-31-43-42-13-9-11-15-46(42)62(50-29-38(25-26-56-50)54(3,4)5)48(43)32-49(44)63-41-28-39(55(6,7)8)27-40(30-41)61-33-57-45-14-10-12-16-47(45)61/h9-33H,1-8H3. The van der Waals surface area contributed by atoms with E-state index in [1.54, 1.807) is 0 Å². The number of hydrogen-bond acceptors (Lipinski definition) is 6. The van der Waals surface area contributed by atoms with Crippen LogP contribution in [0.4, 0.5) is 0 Å². The maximum Gasteiger partial charge on any atom is 0.167 e. The van der Waals surface area contributed by atoms with Crippen molar-refractivity contribution >= 4 is 32.8 Å². The van der Waals surface area contributed by atoms with Crippen LogP contribution in [-0.4, -0.2) is 34.1 Å². The van der Waals surface area contributed by atoms with E-state index in [-0.39, 0.29) is 10.8 Å². The molecule has 63 heavy (non-hydrogen) atoms. The molecule has 10 aromatic rings. The quantitative estimate of drug-likeness (QED) is 0.159. The van der Waals surface area contributed by atoms with Gasteiger partial charge in [-0.3, -0.25) is 9.13 Å². The molecule has 0 radical (unpaired) electrons. The number of ether oxygens (including phenoxy) is 1. The lowest BCUT2D eigenvalue weighted by Gasteiger charge is -2.22. The smallest absolute Gasteiger partial charge is 0.167 e. The SMILES string of the molecule is Cc1ccc(-c2nc(-c3ccc(C)cc3)nc(-c3cc4c5ccccc5n(-c5cc(C(C)(C)C)ccn5)c4cc3Oc3cc(-n4cnc5ccccc54)cc(C(C)(C)C)c3)n2)cc1. The molecule has 0 atom stereocenters. The molecule has 4 heterocycles. The zero-order chi connectivity index (χ0) is 43.6. The van der Waals surface area contributed by atoms with Crippen LogP contribution in [0.25, 0.3) is 78.5 Å². The molecular weight excluding hydrogens is 775 g/mol. The Hall–Kier alpha value is -7.45. The van der Waals surface area contributed by atoms with Gasteiger partial charge in [0.2, 0.25) is 0 Å². The van der Waals surface area contributed by atoms with Gasteiger partial charge in [-0.1, -0.05) is 132 Å². The molecule has 0 amide bonds. The first-order valence-electron chi connectivity index (χ1n) is 21.5. The molecule has 8 nitrogen and oxygen atoms in total. The summed E-state index contributed by atoms with van der Waals surface area (Å²) in [5.74, 6) is 3.78. The molecule has 0 saturated heterocycles. The number of nitrogens with zero attached hydrogens (tertiary/aromatic N) is 7. The Bertz CT molecular complexity index is 3280. The van der Waals surface area contributed by atoms with E-state index in [1.165, 1.54) is 5.56 Å². The molecule has 4 aromatic heterocycles. The second kappa shape index (κ2) is 15.2. The van der Waals surface area contributed by atoms with E-state index in [4.69, 9.17) is 29.7 Å². The number of hydrogen-bond donors (Lipinski definition) is 0. The highest BCUT2D eigenvalue weighted by Gasteiger charge is 2.24. The molecular formula is C55H49N7O. The van der Waals surface area contributed by atoms with Gasteiger partial charge in [0.25, 0.3) is 0 Å². The fourth-order valence-electron chi connectivity index (χ4n) is 8.18. The van der Waals surface area contributed by atoms with Gasteiger partial charge in [0.15, 0.2) is 17.5 Å². The van der Waals surface area contributed by atoms with Crippen molar-refractivity contribution in [2.24, 2.45) is 0 Å². The molecule has 0 aliphatic heterocycles. The average molecular weight is 824 g/mol. The van der Waals surface area contributed by atoms with Gasteiger partial charge in [-0.05, 0) is 84.3 Å². The maximum absolute atomic E-state index is 7.28. The second-order valence-corrected chi connectivity index (χ2v) is 18.6. The lowest BCUT2D eigenvalue weighted by atomic mass is 9.86. The van der Waals surface area contributed by atoms with Gasteiger partial charge in [0, 0.05) is 40.2 Å². The van der Waals surface area contributed by atoms with Gasteiger partial charge in [-0.2, -0.15) is 0 Å². The van der Waals surface area contributed by atoms with Crippen molar-refractivity contribution in [3.63, 3.8) is 0 Å². The van der Waals surface area contributed by atoms with E-state index in [0.717, 1.165) is 77.7 Å². The van der Waals surface area contributed by atoms with Crippen molar-refractivity contribution in [3.05, 3.63) is 174 Å². The van der Waals surface area contributed by atoms with Gasteiger partial charge in [-0.15, -0.1) is 0 Å². The Morgan fingerprint density at radius 3 is 1.79 bits per heavy atom. The van der Waals surface area contributed by atoms with E-state index in [9.17, 15) is 0 Å². The normalized spacial score (nSPS) is 12.1. The molecule has 0 N–H and O–H groups in total. The topological polar surface area (TPSA) is 83.5 Å². The third-order valence-corrected chi connectivity index (χ3v) is 11.8. The van der Waals surface area contributed by atoms with Gasteiger partial charge in [0.1, 0.15) is 23.6 Å². The van der Waals surface area contributed by atoms with Crippen LogP contribution in [0.5, 0.6) is 11.5 Å². The largest absolute Gasteiger partial charge is 0.456 e. The Labute approximate surface area is 368 Å². The lowest BCUT2D eigenvalue weighted by Crippen LogP contribution is -2.12. The van der Waals surface area contributed by atoms with Gasteiger partial charge < -0.3 is 4.74 Å². The van der Waals surface area contributed by atoms with E-state index >= 15 is 0 Å². The molecule has 310 valence electrons. The Balaban J connectivity index is 1.26. The zero-order valence-corrected chi connectivity index (χ0v) is 37.0. The van der Waals surface area contributed by atoms with Crippen LogP contribution in [0.2, 0.25) is 0 Å². The average Bonchev–Trinajstić information content (AvgIpc) is 3.85. The minimum Gasteiger partial charge on any atom is -0.456 e. The second-order valence-electron chi connectivity index (χ2n) is 18.6. The molecule has 8 heteroatoms. The minimum atomic E-state index is -0.187. The summed E-state index contributed by atoms with van der Waals surface area (Å²) in [6.07, 6.45) is 3.79. The highest BCUT2D eigenvalue weighted by molar-refractivity contribution is 6.11. The summed E-state index contributed by atoms with van der Waals surface area (Å²) in [6, 6.07) is 48.4. The first kappa shape index (κ1) is 39.7. The monoisotopic (exact) mass is 823 g/mol. The van der Waals surface area contributed by atoms with Crippen LogP contribution >= 0.6 is 0 Å². The highest BCUT2D eigenvalue weighted by atomic mass is 16.5. The number of aromatic nitrogens is 7. The molecule has 0 fully saturated rings. The molecule has 0 spiro atoms. The molecule has 0 unspecified atom stereocenters. The molecule has 6 aromatic carbocycles. The third-order valence-electron chi connectivity index (χ3n) is 11.8. The van der Waals surface area contributed by atoms with E-state index in [2.05, 4.69) is 186 Å². The Kier molecular flexibility index (Phi) is 9.55. The number of imidazole rings is 1. The fourth-order valence-corrected chi connectivity index (χ4v) is 8.18. The lowest BCUT2D eigenvalue weighted by molar-refractivity contribution is 0.480. The Morgan fingerprint density at radius 2 is 1.13 bits per heavy atom. The zero-order valence-electron chi connectivity index (χ0n) is 37.0. The molecule has 0 saturated carbocycles. The van der Waals surface area contributed by atoms with Crippen LogP contribution < -0.4 is 4.74 Å². The van der Waals surface area contributed by atoms with Gasteiger partial charge in [0.05, 0.1) is 33.3 Å². The van der Waals surface area contributed by atoms with Crippen molar-refractivity contribution in [1.82, 2.24) is 34.1 Å². The third kappa shape index (κ3) is 7.52. The van der Waals surface area contributed by atoms with Crippen molar-refractivity contribution < 1.29 is 4.74 Å². The first-order valence-corrected chi connectivity index (χ1v) is 21.5. The summed E-state index contributed by atoms with van der Waals surface area (Å²) < 4.78 is 11.6. The van der Waals surface area contributed by atoms with Gasteiger partial charge >= 0.3 is 0 Å². The molecule has 0 aliphatic carbocycles. The Morgan fingerprint density at radius 1 is 0.508 bits per heavy atom. The fraction of sp³-hybridized carbons (Fsp3) is 0.182. The van der Waals surface area contributed by atoms with E-state index in [0.29, 0.717) is 29.0 Å². The highest BCUT2D eigenvalue weighted by Crippen LogP contribution is 2.43. The molecule has 10 rings (SSSR count). The van der Waals surface area contributed by atoms with Crippen LogP contribution in [0.15, 0.2) is 152 Å². The van der Waals surface area contributed by atoms with Crippen molar-refractivity contribution in [2.45, 2.75) is 66.2 Å². The maximum atomic E-state index is 7.28. The summed E-state index contributed by atoms with van der Waals surface area (Å²) in [7, 11) is 0. The predicted molar refractivity (Wildman–Crippen MR) is 256 cm³/mol. The van der Waals surface area contributed by atoms with Crippen LogP contribution in [0.1, 0.15) is 63.8 Å². The summed E-state index contributed by atoms with van der Waals surface area (Å²) >= 11 is 0. The van der Waals surface area contributed by atoms with E-state index in [1.807, 2.05) is 30.7 Å². The minimum absolute atomic E-state index is 0.0722. The van der Waals surface area contributed by atoms with E-state index < -0.39 is 0 Å². The van der Waals surface area contributed by atoms with Crippen molar-refractivity contribution in [1.29, 1.82) is 0 Å². The molecule has 0 bridgehead atoms. The van der Waals surface area contributed by atoms with Crippen molar-refractivity contribution in [2.75, 3.05) is 0 Å². The van der Waals surface area contributed by atoms with Crippen LogP contribution in [0.3, 0.4) is 0 Å². The summed E-state index contributed by atoms with van der Waals surface area (Å²) in [4.78, 5) is 25.3. The number of rotatable bonds is 7. The summed E-state index contributed by atoms with van der Waals surface area (Å²) in [5.41, 5.74) is 11.8. The van der Waals surface area contributed by atoms with Crippen LogP contribution in [-0.2, 0) is 10.8 Å².